The molecule has 1 aliphatic heterocycles. The molecule has 1 unspecified atom stereocenters. The molecule has 18 heteroatoms. The molecule has 1 atom stereocenters. The second kappa shape index (κ2) is 7.64. The molecule has 0 bridgehead atoms. The number of nitrogens with zero attached hydrogens (tertiary/aromatic N) is 3. The second-order valence-electron chi connectivity index (χ2n) is 6.73. The maximum absolute atomic E-state index is 14.4. The van der Waals surface area contributed by atoms with E-state index in [1.54, 1.807) is 4.98 Å². The van der Waals surface area contributed by atoms with Gasteiger partial charge in [0.1, 0.15) is 11.6 Å². The Kier molecular flexibility index (Phi) is 5.25. The molecule has 3 aromatic rings. The normalized spacial score (nSPS) is 17.9. The number of sulfonamides is 1. The minimum Gasteiger partial charge on any atom is -0.497 e. The van der Waals surface area contributed by atoms with Gasteiger partial charge in [-0.3, -0.25) is 14.6 Å². The van der Waals surface area contributed by atoms with Gasteiger partial charge in [0.2, 0.25) is 15.0 Å². The van der Waals surface area contributed by atoms with E-state index in [2.05, 4.69) is 10.2 Å². The van der Waals surface area contributed by atoms with Crippen molar-refractivity contribution in [2.75, 3.05) is 18.2 Å². The van der Waals surface area contributed by atoms with Crippen molar-refractivity contribution in [1.29, 1.82) is 0 Å². The summed E-state index contributed by atoms with van der Waals surface area (Å²) < 4.78 is 74.5. The summed E-state index contributed by atoms with van der Waals surface area (Å²) in [6, 6.07) is 5.40. The van der Waals surface area contributed by atoms with Gasteiger partial charge in [-0.15, -0.1) is 10.2 Å². The Morgan fingerprint density at radius 1 is 1.24 bits per heavy atom. The Balaban J connectivity index is 2.03. The number of ether oxygens (including phenoxy) is 1. The van der Waals surface area contributed by atoms with E-state index in [1.165, 1.54) is 36.1 Å². The van der Waals surface area contributed by atoms with E-state index in [9.17, 15) is 36.0 Å². The van der Waals surface area contributed by atoms with Crippen LogP contribution in [0.25, 0.3) is 5.69 Å². The number of H-pyrrole nitrogens is 1. The molecule has 0 spiro atoms. The Morgan fingerprint density at radius 2 is 1.94 bits per heavy atom. The maximum Gasteiger partial charge on any atom is 0.421 e. The lowest BCUT2D eigenvalue weighted by molar-refractivity contribution is -0.194. The van der Waals surface area contributed by atoms with Gasteiger partial charge in [0.05, 0.1) is 18.4 Å². The van der Waals surface area contributed by atoms with Crippen LogP contribution in [-0.2, 0) is 20.4 Å². The Bertz CT molecular complexity index is 1550. The summed E-state index contributed by atoms with van der Waals surface area (Å²) in [5.74, 6) is -2.65. The number of amides is 1. The standard InChI is InChI=1S/C16H12F3N7O6S2/c1-32-7-4-2-3-6(5-7)26-9-8(10(27)22-13(26)29)15(11(28)21-9,16(17,18)19)25-34(30,31)14-24-23-12(20)33-14/h2-5,25H,1H3,(H2,20,23)(H,21,28)(H,22,27,29). The zero-order chi connectivity index (χ0) is 25.1. The highest BCUT2D eigenvalue weighted by Gasteiger charge is 2.69. The van der Waals surface area contributed by atoms with Crippen LogP contribution in [0.15, 0.2) is 38.2 Å². The third-order valence-electron chi connectivity index (χ3n) is 4.73. The van der Waals surface area contributed by atoms with E-state index in [0.717, 1.165) is 0 Å². The largest absolute Gasteiger partial charge is 0.497 e. The molecule has 3 heterocycles. The highest BCUT2D eigenvalue weighted by atomic mass is 32.2. The number of fused-ring (bicyclic) bond motifs is 1. The van der Waals surface area contributed by atoms with E-state index >= 15 is 0 Å². The van der Waals surface area contributed by atoms with Crippen LogP contribution in [0.1, 0.15) is 5.56 Å². The zero-order valence-electron chi connectivity index (χ0n) is 16.6. The van der Waals surface area contributed by atoms with Crippen molar-refractivity contribution < 1.29 is 31.1 Å². The molecule has 0 aliphatic carbocycles. The first-order chi connectivity index (χ1) is 15.8. The number of nitrogens with one attached hydrogen (secondary N) is 3. The van der Waals surface area contributed by atoms with Crippen LogP contribution < -0.4 is 31.8 Å². The highest BCUT2D eigenvalue weighted by molar-refractivity contribution is 7.91. The molecule has 1 amide bonds. The molecular weight excluding hydrogens is 507 g/mol. The number of alkyl halides is 3. The van der Waals surface area contributed by atoms with Gasteiger partial charge < -0.3 is 15.8 Å². The van der Waals surface area contributed by atoms with E-state index in [1.807, 2.05) is 5.32 Å². The monoisotopic (exact) mass is 519 g/mol. The number of rotatable bonds is 5. The minimum atomic E-state index is -5.69. The average molecular weight is 519 g/mol. The number of aromatic nitrogens is 4. The number of halogens is 3. The van der Waals surface area contributed by atoms with Crippen molar-refractivity contribution in [2.45, 2.75) is 16.1 Å². The minimum absolute atomic E-state index is 0.0881. The number of hydrogen-bond donors (Lipinski definition) is 4. The molecule has 1 aromatic carbocycles. The number of benzene rings is 1. The Hall–Kier alpha value is -3.77. The van der Waals surface area contributed by atoms with Crippen LogP contribution in [-0.4, -0.2) is 47.4 Å². The van der Waals surface area contributed by atoms with Crippen molar-refractivity contribution >= 4 is 38.2 Å². The lowest BCUT2D eigenvalue weighted by atomic mass is 9.93. The fourth-order valence-corrected chi connectivity index (χ4v) is 5.42. The number of anilines is 2. The summed E-state index contributed by atoms with van der Waals surface area (Å²) in [5.41, 5.74) is -3.13. The van der Waals surface area contributed by atoms with Crippen LogP contribution in [0.3, 0.4) is 0 Å². The summed E-state index contributed by atoms with van der Waals surface area (Å²) in [5, 5.41) is 7.86. The van der Waals surface area contributed by atoms with Crippen LogP contribution in [0.5, 0.6) is 5.75 Å². The molecule has 180 valence electrons. The van der Waals surface area contributed by atoms with Gasteiger partial charge in [-0.05, 0) is 12.1 Å². The molecule has 0 fully saturated rings. The number of carbonyl (C=O) groups excluding carboxylic acids is 1. The number of hydrogen-bond acceptors (Lipinski definition) is 10. The van der Waals surface area contributed by atoms with Crippen molar-refractivity contribution in [3.05, 3.63) is 50.7 Å². The van der Waals surface area contributed by atoms with E-state index in [4.69, 9.17) is 10.5 Å². The number of aromatic amines is 1. The van der Waals surface area contributed by atoms with Crippen molar-refractivity contribution in [3.63, 3.8) is 0 Å². The van der Waals surface area contributed by atoms with Gasteiger partial charge in [-0.2, -0.15) is 17.9 Å². The first kappa shape index (κ1) is 23.4. The second-order valence-corrected chi connectivity index (χ2v) is 9.60. The van der Waals surface area contributed by atoms with Crippen LogP contribution >= 0.6 is 11.3 Å². The fraction of sp³-hybridized carbons (Fsp3) is 0.188. The molecular formula is C16H12F3N7O6S2. The van der Waals surface area contributed by atoms with Crippen LogP contribution in [0.2, 0.25) is 0 Å². The van der Waals surface area contributed by atoms with Gasteiger partial charge in [0, 0.05) is 6.07 Å². The summed E-state index contributed by atoms with van der Waals surface area (Å²) >= 11 is 0.232. The number of nitrogen functional groups attached to an aromatic ring is 1. The lowest BCUT2D eigenvalue weighted by Crippen LogP contribution is -2.61. The third kappa shape index (κ3) is 3.42. The zero-order valence-corrected chi connectivity index (χ0v) is 18.3. The Morgan fingerprint density at radius 3 is 2.53 bits per heavy atom. The first-order valence-corrected chi connectivity index (χ1v) is 11.2. The molecule has 0 radical (unpaired) electrons. The summed E-state index contributed by atoms with van der Waals surface area (Å²) in [7, 11) is -3.88. The summed E-state index contributed by atoms with van der Waals surface area (Å²) in [6.07, 6.45) is -5.69. The number of nitrogens with two attached hydrogens (primary N) is 1. The molecule has 0 saturated carbocycles. The first-order valence-electron chi connectivity index (χ1n) is 8.87. The van der Waals surface area contributed by atoms with Crippen molar-refractivity contribution in [2.24, 2.45) is 0 Å². The number of carbonyl (C=O) groups is 1. The SMILES string of the molecule is COc1cccc(-n2c3c(c(=O)[nH]c2=O)C(NS(=O)(=O)c2nnc(N)s2)(C(F)(F)F)C(=O)N3)c1. The fourth-order valence-electron chi connectivity index (χ4n) is 3.31. The quantitative estimate of drug-likeness (QED) is 0.349. The summed E-state index contributed by atoms with van der Waals surface area (Å²) in [4.78, 5) is 39.6. The molecule has 13 nitrogen and oxygen atoms in total. The van der Waals surface area contributed by atoms with E-state index in [-0.39, 0.29) is 27.9 Å². The molecule has 5 N–H and O–H groups in total. The molecule has 2 aromatic heterocycles. The van der Waals surface area contributed by atoms with Crippen LogP contribution in [0, 0.1) is 0 Å². The molecule has 34 heavy (non-hydrogen) atoms. The average Bonchev–Trinajstić information content (AvgIpc) is 3.30. The predicted octanol–water partition coefficient (Wildman–Crippen LogP) is -0.344. The van der Waals surface area contributed by atoms with Gasteiger partial charge in [0.25, 0.3) is 21.5 Å². The molecule has 0 saturated heterocycles. The highest BCUT2D eigenvalue weighted by Crippen LogP contribution is 2.46. The van der Waals surface area contributed by atoms with Crippen LogP contribution in [0.4, 0.5) is 24.1 Å². The van der Waals surface area contributed by atoms with Gasteiger partial charge in [0.15, 0.2) is 0 Å². The lowest BCUT2D eigenvalue weighted by Gasteiger charge is -2.29. The topological polar surface area (TPSA) is 191 Å². The number of methoxy groups -OCH3 is 1. The van der Waals surface area contributed by atoms with Gasteiger partial charge in [-0.25, -0.2) is 17.8 Å². The van der Waals surface area contributed by atoms with E-state index in [0.29, 0.717) is 4.57 Å². The molecule has 4 rings (SSSR count). The van der Waals surface area contributed by atoms with Gasteiger partial charge in [-0.1, -0.05) is 17.4 Å². The Labute approximate surface area is 190 Å². The smallest absolute Gasteiger partial charge is 0.421 e. The molecule has 1 aliphatic rings. The van der Waals surface area contributed by atoms with E-state index < -0.39 is 54.6 Å². The summed E-state index contributed by atoms with van der Waals surface area (Å²) in [6.45, 7) is 0. The van der Waals surface area contributed by atoms with Crippen molar-refractivity contribution in [1.82, 2.24) is 24.5 Å². The predicted molar refractivity (Wildman–Crippen MR) is 110 cm³/mol. The van der Waals surface area contributed by atoms with Crippen molar-refractivity contribution in [3.8, 4) is 11.4 Å². The third-order valence-corrected chi connectivity index (χ3v) is 7.31. The van der Waals surface area contributed by atoms with Gasteiger partial charge >= 0.3 is 11.9 Å². The maximum atomic E-state index is 14.4.